The van der Waals surface area contributed by atoms with E-state index < -0.39 is 33.6 Å². The molecule has 3 rings (SSSR count). The van der Waals surface area contributed by atoms with Gasteiger partial charge in [-0.25, -0.2) is 8.42 Å². The van der Waals surface area contributed by atoms with Crippen LogP contribution < -0.4 is 14.8 Å². The number of halogens is 3. The van der Waals surface area contributed by atoms with Crippen molar-refractivity contribution < 1.29 is 35.9 Å². The number of amides is 1. The van der Waals surface area contributed by atoms with Crippen molar-refractivity contribution in [3.8, 4) is 11.5 Å². The summed E-state index contributed by atoms with van der Waals surface area (Å²) >= 11 is 0. The van der Waals surface area contributed by atoms with Gasteiger partial charge in [0, 0.05) is 24.8 Å². The number of hydrogen-bond donors (Lipinski definition) is 1. The number of hydrogen-bond acceptors (Lipinski definition) is 5. The average molecular weight is 472 g/mol. The van der Waals surface area contributed by atoms with Crippen LogP contribution in [0.4, 0.5) is 18.9 Å². The van der Waals surface area contributed by atoms with E-state index >= 15 is 0 Å². The van der Waals surface area contributed by atoms with Gasteiger partial charge in [0.05, 0.1) is 25.7 Å². The molecular formula is C21H23F3N2O5S. The number of nitrogens with zero attached hydrogens (tertiary/aromatic N) is 1. The Morgan fingerprint density at radius 3 is 2.53 bits per heavy atom. The van der Waals surface area contributed by atoms with Gasteiger partial charge in [0.2, 0.25) is 15.9 Å². The Labute approximate surface area is 184 Å². The van der Waals surface area contributed by atoms with E-state index in [-0.39, 0.29) is 29.4 Å². The number of piperidine rings is 1. The van der Waals surface area contributed by atoms with Crippen LogP contribution in [0.15, 0.2) is 47.4 Å². The molecule has 0 bridgehead atoms. The first-order valence-electron chi connectivity index (χ1n) is 9.76. The average Bonchev–Trinajstić information content (AvgIpc) is 2.78. The molecule has 1 aliphatic heterocycles. The molecule has 1 amide bonds. The second-order valence-electron chi connectivity index (χ2n) is 7.29. The molecule has 1 saturated heterocycles. The predicted octanol–water partition coefficient (Wildman–Crippen LogP) is 3.76. The number of benzene rings is 2. The van der Waals surface area contributed by atoms with Crippen LogP contribution in [0.1, 0.15) is 18.4 Å². The number of methoxy groups -OCH3 is 2. The Hall–Kier alpha value is -2.79. The Balaban J connectivity index is 1.79. The van der Waals surface area contributed by atoms with Crippen LogP contribution in [-0.2, 0) is 21.0 Å². The summed E-state index contributed by atoms with van der Waals surface area (Å²) in [6, 6.07) is 8.70. The minimum Gasteiger partial charge on any atom is -0.497 e. The standard InChI is InChI=1S/C21H23F3N2O5S/c1-30-17-8-9-18(31-2)19(12-17)32(28,29)26-10-4-5-14(13-26)20(27)25-16-7-3-6-15(11-16)21(22,23)24/h3,6-9,11-12,14H,4-5,10,13H2,1-2H3,(H,25,27)/t14-/m1/s1. The molecule has 1 heterocycles. The van der Waals surface area contributed by atoms with E-state index in [4.69, 9.17) is 9.47 Å². The zero-order chi connectivity index (χ0) is 23.5. The van der Waals surface area contributed by atoms with Crippen molar-refractivity contribution in [1.82, 2.24) is 4.31 Å². The molecule has 1 N–H and O–H groups in total. The molecule has 174 valence electrons. The molecule has 1 fully saturated rings. The van der Waals surface area contributed by atoms with Crippen LogP contribution in [0.2, 0.25) is 0 Å². The third-order valence-corrected chi connectivity index (χ3v) is 7.09. The predicted molar refractivity (Wildman–Crippen MR) is 111 cm³/mol. The molecule has 0 radical (unpaired) electrons. The molecule has 0 spiro atoms. The van der Waals surface area contributed by atoms with E-state index in [1.54, 1.807) is 6.07 Å². The zero-order valence-corrected chi connectivity index (χ0v) is 18.3. The topological polar surface area (TPSA) is 84.9 Å². The van der Waals surface area contributed by atoms with Gasteiger partial charge < -0.3 is 14.8 Å². The molecule has 2 aromatic rings. The Bertz CT molecular complexity index is 1090. The number of carbonyl (C=O) groups excluding carboxylic acids is 1. The van der Waals surface area contributed by atoms with Gasteiger partial charge in [0.1, 0.15) is 16.4 Å². The molecule has 0 unspecified atom stereocenters. The van der Waals surface area contributed by atoms with Gasteiger partial charge in [-0.2, -0.15) is 17.5 Å². The Kier molecular flexibility index (Phi) is 6.99. The van der Waals surface area contributed by atoms with Crippen molar-refractivity contribution in [3.63, 3.8) is 0 Å². The van der Waals surface area contributed by atoms with Crippen LogP contribution in [0.5, 0.6) is 11.5 Å². The number of carbonyl (C=O) groups is 1. The van der Waals surface area contributed by atoms with Gasteiger partial charge in [-0.15, -0.1) is 0 Å². The Morgan fingerprint density at radius 2 is 1.88 bits per heavy atom. The van der Waals surface area contributed by atoms with Gasteiger partial charge in [0.15, 0.2) is 0 Å². The second kappa shape index (κ2) is 9.37. The number of sulfonamides is 1. The van der Waals surface area contributed by atoms with Crippen molar-refractivity contribution in [1.29, 1.82) is 0 Å². The fourth-order valence-electron chi connectivity index (χ4n) is 3.52. The van der Waals surface area contributed by atoms with Gasteiger partial charge in [0.25, 0.3) is 0 Å². The molecule has 7 nitrogen and oxygen atoms in total. The van der Waals surface area contributed by atoms with Crippen molar-refractivity contribution in [2.75, 3.05) is 32.6 Å². The molecular weight excluding hydrogens is 449 g/mol. The van der Waals surface area contributed by atoms with E-state index in [0.29, 0.717) is 18.6 Å². The summed E-state index contributed by atoms with van der Waals surface area (Å²) in [6.45, 7) is 0.101. The summed E-state index contributed by atoms with van der Waals surface area (Å²) in [4.78, 5) is 12.6. The van der Waals surface area contributed by atoms with Crippen LogP contribution in [0.3, 0.4) is 0 Å². The maximum Gasteiger partial charge on any atom is 0.416 e. The smallest absolute Gasteiger partial charge is 0.416 e. The first-order chi connectivity index (χ1) is 15.1. The van der Waals surface area contributed by atoms with Crippen LogP contribution >= 0.6 is 0 Å². The molecule has 1 aliphatic rings. The fraction of sp³-hybridized carbons (Fsp3) is 0.381. The molecule has 0 saturated carbocycles. The van der Waals surface area contributed by atoms with E-state index in [2.05, 4.69) is 5.32 Å². The summed E-state index contributed by atoms with van der Waals surface area (Å²) in [5, 5.41) is 2.47. The first kappa shape index (κ1) is 23.9. The highest BCUT2D eigenvalue weighted by Crippen LogP contribution is 2.33. The third kappa shape index (κ3) is 5.16. The molecule has 0 aromatic heterocycles. The van der Waals surface area contributed by atoms with Gasteiger partial charge in [-0.05, 0) is 43.2 Å². The molecule has 2 aromatic carbocycles. The highest BCUT2D eigenvalue weighted by molar-refractivity contribution is 7.89. The highest BCUT2D eigenvalue weighted by Gasteiger charge is 2.35. The summed E-state index contributed by atoms with van der Waals surface area (Å²) in [5.41, 5.74) is -0.882. The SMILES string of the molecule is COc1ccc(OC)c(S(=O)(=O)N2CCC[C@@H](C(=O)Nc3cccc(C(F)(F)F)c3)C2)c1. The molecule has 32 heavy (non-hydrogen) atoms. The van der Waals surface area contributed by atoms with E-state index in [1.807, 2.05) is 0 Å². The van der Waals surface area contributed by atoms with E-state index in [0.717, 1.165) is 12.1 Å². The lowest BCUT2D eigenvalue weighted by Gasteiger charge is -2.31. The number of anilines is 1. The van der Waals surface area contributed by atoms with Crippen molar-refractivity contribution >= 4 is 21.6 Å². The summed E-state index contributed by atoms with van der Waals surface area (Å²) in [5.74, 6) is -0.784. The van der Waals surface area contributed by atoms with Gasteiger partial charge in [-0.1, -0.05) is 6.07 Å². The van der Waals surface area contributed by atoms with E-state index in [1.165, 1.54) is 42.8 Å². The molecule has 0 aliphatic carbocycles. The maximum absolute atomic E-state index is 13.3. The summed E-state index contributed by atoms with van der Waals surface area (Å²) in [6.07, 6.45) is -3.70. The lowest BCUT2D eigenvalue weighted by molar-refractivity contribution is -0.137. The lowest BCUT2D eigenvalue weighted by atomic mass is 9.98. The van der Waals surface area contributed by atoms with Crippen molar-refractivity contribution in [3.05, 3.63) is 48.0 Å². The van der Waals surface area contributed by atoms with Crippen LogP contribution in [-0.4, -0.2) is 45.9 Å². The number of ether oxygens (including phenoxy) is 2. The number of nitrogens with one attached hydrogen (secondary N) is 1. The minimum atomic E-state index is -4.54. The summed E-state index contributed by atoms with van der Waals surface area (Å²) in [7, 11) is -1.24. The van der Waals surface area contributed by atoms with Crippen LogP contribution in [0.25, 0.3) is 0 Å². The van der Waals surface area contributed by atoms with E-state index in [9.17, 15) is 26.4 Å². The lowest BCUT2D eigenvalue weighted by Crippen LogP contribution is -2.43. The van der Waals surface area contributed by atoms with Gasteiger partial charge >= 0.3 is 6.18 Å². The van der Waals surface area contributed by atoms with Crippen LogP contribution in [0, 0.1) is 5.92 Å². The monoisotopic (exact) mass is 472 g/mol. The van der Waals surface area contributed by atoms with Crippen molar-refractivity contribution in [2.45, 2.75) is 23.9 Å². The zero-order valence-electron chi connectivity index (χ0n) is 17.5. The fourth-order valence-corrected chi connectivity index (χ4v) is 5.21. The molecule has 1 atom stereocenters. The molecule has 11 heteroatoms. The first-order valence-corrected chi connectivity index (χ1v) is 11.2. The summed E-state index contributed by atoms with van der Waals surface area (Å²) < 4.78 is 76.7. The largest absolute Gasteiger partial charge is 0.497 e. The number of rotatable bonds is 6. The quantitative estimate of drug-likeness (QED) is 0.692. The van der Waals surface area contributed by atoms with Crippen molar-refractivity contribution in [2.24, 2.45) is 5.92 Å². The normalized spacial score (nSPS) is 17.6. The second-order valence-corrected chi connectivity index (χ2v) is 9.19. The third-order valence-electron chi connectivity index (χ3n) is 5.20. The number of alkyl halides is 3. The van der Waals surface area contributed by atoms with Gasteiger partial charge in [-0.3, -0.25) is 4.79 Å². The minimum absolute atomic E-state index is 0.000675. The maximum atomic E-state index is 13.3. The Morgan fingerprint density at radius 1 is 1.12 bits per heavy atom. The highest BCUT2D eigenvalue weighted by atomic mass is 32.2.